The molecule has 0 unspecified atom stereocenters. The Kier molecular flexibility index (Phi) is 7.18. The van der Waals surface area contributed by atoms with Crippen LogP contribution in [0, 0.1) is 0 Å². The number of hydrogen-bond donors (Lipinski definition) is 0. The van der Waals surface area contributed by atoms with Crippen LogP contribution in [0.2, 0.25) is 0 Å². The number of nitrogens with zero attached hydrogens (tertiary/aromatic N) is 3. The summed E-state index contributed by atoms with van der Waals surface area (Å²) in [6.45, 7) is 8.99. The first-order valence-electron chi connectivity index (χ1n) is 7.32. The molecular formula is C14H22Cl5N3. The zero-order chi connectivity index (χ0) is 17.2. The third-order valence-electron chi connectivity index (χ3n) is 3.32. The second-order valence-corrected chi connectivity index (χ2v) is 10.0. The molecule has 0 aliphatic heterocycles. The van der Waals surface area contributed by atoms with Crippen LogP contribution in [-0.4, -0.2) is 18.8 Å². The molecule has 0 saturated carbocycles. The van der Waals surface area contributed by atoms with E-state index in [-0.39, 0.29) is 5.41 Å². The molecule has 1 rings (SSSR count). The van der Waals surface area contributed by atoms with Gasteiger partial charge < -0.3 is 0 Å². The maximum Gasteiger partial charge on any atom is 0.228 e. The highest BCUT2D eigenvalue weighted by molar-refractivity contribution is 6.75. The molecule has 0 bridgehead atoms. The van der Waals surface area contributed by atoms with E-state index < -0.39 is 8.13 Å². The van der Waals surface area contributed by atoms with Gasteiger partial charge in [0.05, 0.1) is 5.69 Å². The standard InChI is InChI=1S/C14H22Cl5N3/c1-5-6-7-8-9-22-11(12(2,3)4)10(20-21-22)13(15,16)14(17,18)19/h5-9H2,1-4H3. The van der Waals surface area contributed by atoms with Crippen LogP contribution < -0.4 is 0 Å². The van der Waals surface area contributed by atoms with E-state index in [9.17, 15) is 0 Å². The van der Waals surface area contributed by atoms with Gasteiger partial charge in [-0.25, -0.2) is 4.68 Å². The Hall–Kier alpha value is 0.590. The summed E-state index contributed by atoms with van der Waals surface area (Å²) in [6, 6.07) is 0. The average Bonchev–Trinajstić information content (AvgIpc) is 2.77. The fraction of sp³-hybridized carbons (Fsp3) is 0.857. The quantitative estimate of drug-likeness (QED) is 0.416. The van der Waals surface area contributed by atoms with Gasteiger partial charge in [-0.15, -0.1) is 5.10 Å². The first kappa shape index (κ1) is 20.6. The van der Waals surface area contributed by atoms with Crippen molar-refractivity contribution in [2.24, 2.45) is 0 Å². The van der Waals surface area contributed by atoms with E-state index >= 15 is 0 Å². The summed E-state index contributed by atoms with van der Waals surface area (Å²) in [5.41, 5.74) is 0.813. The molecule has 1 aromatic heterocycles. The molecule has 0 aliphatic rings. The molecule has 0 N–H and O–H groups in total. The molecule has 0 aromatic carbocycles. The van der Waals surface area contributed by atoms with E-state index in [4.69, 9.17) is 58.0 Å². The van der Waals surface area contributed by atoms with Crippen LogP contribution in [0.3, 0.4) is 0 Å². The van der Waals surface area contributed by atoms with Crippen LogP contribution in [0.4, 0.5) is 0 Å². The van der Waals surface area contributed by atoms with Gasteiger partial charge in [-0.05, 0) is 6.42 Å². The maximum atomic E-state index is 6.30. The minimum Gasteiger partial charge on any atom is -0.248 e. The highest BCUT2D eigenvalue weighted by Crippen LogP contribution is 2.54. The summed E-state index contributed by atoms with van der Waals surface area (Å²) in [5, 5.41) is 8.30. The molecule has 0 saturated heterocycles. The predicted molar refractivity (Wildman–Crippen MR) is 96.5 cm³/mol. The SMILES string of the molecule is CCCCCCn1nnc(C(Cl)(Cl)C(Cl)(Cl)Cl)c1C(C)(C)C. The van der Waals surface area contributed by atoms with E-state index in [2.05, 4.69) is 17.2 Å². The Labute approximate surface area is 157 Å². The van der Waals surface area contributed by atoms with E-state index in [1.165, 1.54) is 12.8 Å². The second-order valence-electron chi connectivity index (χ2n) is 6.39. The Morgan fingerprint density at radius 1 is 0.955 bits per heavy atom. The molecule has 0 aliphatic carbocycles. The summed E-state index contributed by atoms with van der Waals surface area (Å²) in [6.07, 6.45) is 4.50. The number of alkyl halides is 5. The highest BCUT2D eigenvalue weighted by atomic mass is 35.6. The second kappa shape index (κ2) is 7.65. The van der Waals surface area contributed by atoms with Crippen molar-refractivity contribution in [2.45, 2.75) is 73.5 Å². The summed E-state index contributed by atoms with van der Waals surface area (Å²) in [5.74, 6) is 0. The number of hydrogen-bond acceptors (Lipinski definition) is 2. The van der Waals surface area contributed by atoms with E-state index in [0.29, 0.717) is 5.69 Å². The number of rotatable bonds is 6. The predicted octanol–water partition coefficient (Wildman–Crippen LogP) is 6.16. The number of aromatic nitrogens is 3. The summed E-state index contributed by atoms with van der Waals surface area (Å²) < 4.78 is -1.85. The Morgan fingerprint density at radius 3 is 2.00 bits per heavy atom. The van der Waals surface area contributed by atoms with Crippen LogP contribution in [0.25, 0.3) is 0 Å². The van der Waals surface area contributed by atoms with Crippen LogP contribution in [0.1, 0.15) is 64.8 Å². The van der Waals surface area contributed by atoms with E-state index in [0.717, 1.165) is 25.1 Å². The van der Waals surface area contributed by atoms with Gasteiger partial charge in [0.25, 0.3) is 0 Å². The van der Waals surface area contributed by atoms with Crippen molar-refractivity contribution in [2.75, 3.05) is 0 Å². The molecule has 128 valence electrons. The van der Waals surface area contributed by atoms with Crippen molar-refractivity contribution >= 4 is 58.0 Å². The molecule has 1 heterocycles. The van der Waals surface area contributed by atoms with Crippen molar-refractivity contribution in [3.8, 4) is 0 Å². The normalized spacial score (nSPS) is 13.7. The first-order chi connectivity index (χ1) is 9.93. The Morgan fingerprint density at radius 2 is 1.55 bits per heavy atom. The minimum absolute atomic E-state index is 0.283. The van der Waals surface area contributed by atoms with Crippen LogP contribution in [0.5, 0.6) is 0 Å². The smallest absolute Gasteiger partial charge is 0.228 e. The molecule has 8 heteroatoms. The third-order valence-corrected chi connectivity index (χ3v) is 5.68. The van der Waals surface area contributed by atoms with Gasteiger partial charge in [-0.2, -0.15) is 0 Å². The largest absolute Gasteiger partial charge is 0.248 e. The van der Waals surface area contributed by atoms with Gasteiger partial charge in [-0.1, -0.05) is 110 Å². The molecule has 22 heavy (non-hydrogen) atoms. The summed E-state index contributed by atoms with van der Waals surface area (Å²) in [7, 11) is 0. The van der Waals surface area contributed by atoms with Crippen molar-refractivity contribution < 1.29 is 0 Å². The first-order valence-corrected chi connectivity index (χ1v) is 9.21. The van der Waals surface area contributed by atoms with Crippen molar-refractivity contribution in [3.63, 3.8) is 0 Å². The van der Waals surface area contributed by atoms with Gasteiger partial charge in [-0.3, -0.25) is 0 Å². The number of unbranched alkanes of at least 4 members (excludes halogenated alkanes) is 3. The molecule has 0 amide bonds. The van der Waals surface area contributed by atoms with Gasteiger partial charge in [0.2, 0.25) is 8.13 Å². The zero-order valence-corrected chi connectivity index (χ0v) is 17.0. The maximum absolute atomic E-state index is 6.30. The molecule has 0 spiro atoms. The van der Waals surface area contributed by atoms with E-state index in [1.54, 1.807) is 0 Å². The fourth-order valence-corrected chi connectivity index (χ4v) is 2.77. The average molecular weight is 410 g/mol. The highest BCUT2D eigenvalue weighted by Gasteiger charge is 2.52. The lowest BCUT2D eigenvalue weighted by Crippen LogP contribution is -2.33. The molecule has 0 radical (unpaired) electrons. The lowest BCUT2D eigenvalue weighted by Gasteiger charge is -2.29. The van der Waals surface area contributed by atoms with Crippen LogP contribution >= 0.6 is 58.0 Å². The molecule has 3 nitrogen and oxygen atoms in total. The zero-order valence-electron chi connectivity index (χ0n) is 13.3. The Balaban J connectivity index is 3.18. The van der Waals surface area contributed by atoms with Crippen molar-refractivity contribution in [1.29, 1.82) is 0 Å². The van der Waals surface area contributed by atoms with Gasteiger partial charge >= 0.3 is 0 Å². The van der Waals surface area contributed by atoms with Gasteiger partial charge in [0.15, 0.2) is 0 Å². The number of aryl methyl sites for hydroxylation is 1. The molecule has 0 atom stereocenters. The number of halogens is 5. The Bertz CT molecular complexity index is 486. The molecular weight excluding hydrogens is 387 g/mol. The van der Waals surface area contributed by atoms with E-state index in [1.807, 2.05) is 25.5 Å². The molecule has 1 aromatic rings. The summed E-state index contributed by atoms with van der Waals surface area (Å²) in [4.78, 5) is 0. The summed E-state index contributed by atoms with van der Waals surface area (Å²) >= 11 is 30.4. The minimum atomic E-state index is -1.90. The van der Waals surface area contributed by atoms with Crippen molar-refractivity contribution in [3.05, 3.63) is 11.4 Å². The third kappa shape index (κ3) is 4.80. The topological polar surface area (TPSA) is 30.7 Å². The fourth-order valence-electron chi connectivity index (χ4n) is 2.25. The monoisotopic (exact) mass is 407 g/mol. The molecule has 0 fully saturated rings. The lowest BCUT2D eigenvalue weighted by molar-refractivity contribution is 0.456. The lowest BCUT2D eigenvalue weighted by atomic mass is 9.89. The van der Waals surface area contributed by atoms with Crippen molar-refractivity contribution in [1.82, 2.24) is 15.0 Å². The van der Waals surface area contributed by atoms with Gasteiger partial charge in [0, 0.05) is 12.0 Å². The van der Waals surface area contributed by atoms with Crippen LogP contribution in [-0.2, 0) is 16.3 Å². The van der Waals surface area contributed by atoms with Crippen LogP contribution in [0.15, 0.2) is 0 Å². The van der Waals surface area contributed by atoms with Gasteiger partial charge in [0.1, 0.15) is 5.69 Å².